The van der Waals surface area contributed by atoms with Gasteiger partial charge in [-0.05, 0) is 92.5 Å². The van der Waals surface area contributed by atoms with Gasteiger partial charge in [-0.1, -0.05) is 24.4 Å². The average Bonchev–Trinajstić information content (AvgIpc) is 3.72. The molecule has 1 aliphatic carbocycles. The summed E-state index contributed by atoms with van der Waals surface area (Å²) in [5.41, 5.74) is 10.4. The van der Waals surface area contributed by atoms with Crippen molar-refractivity contribution < 1.29 is 9.90 Å². The molecule has 10 heteroatoms. The van der Waals surface area contributed by atoms with E-state index < -0.39 is 0 Å². The Bertz CT molecular complexity index is 1150. The number of aryl methyl sites for hydroxylation is 1. The van der Waals surface area contributed by atoms with Crippen molar-refractivity contribution in [1.29, 1.82) is 0 Å². The summed E-state index contributed by atoms with van der Waals surface area (Å²) in [6, 6.07) is 10.1. The van der Waals surface area contributed by atoms with E-state index in [1.807, 2.05) is 6.07 Å². The van der Waals surface area contributed by atoms with Gasteiger partial charge >= 0.3 is 0 Å². The number of rotatable bonds is 15. The predicted octanol–water partition coefficient (Wildman–Crippen LogP) is 5.07. The topological polar surface area (TPSA) is 128 Å². The van der Waals surface area contributed by atoms with E-state index in [0.29, 0.717) is 40.8 Å². The van der Waals surface area contributed by atoms with Gasteiger partial charge < -0.3 is 31.1 Å². The number of unbranched alkanes of at least 4 members (excludes halogenated alkanes) is 1. The van der Waals surface area contributed by atoms with Crippen LogP contribution in [0.1, 0.15) is 44.1 Å². The Labute approximate surface area is 235 Å². The van der Waals surface area contributed by atoms with Crippen LogP contribution in [0, 0.1) is 18.3 Å². The summed E-state index contributed by atoms with van der Waals surface area (Å²) in [4.78, 5) is 22.3. The molecular formula is C29H41N7O2S. The molecule has 1 aromatic heterocycles. The van der Waals surface area contributed by atoms with Crippen molar-refractivity contribution in [2.45, 2.75) is 45.4 Å². The second-order valence-corrected chi connectivity index (χ2v) is 11.2. The smallest absolute Gasteiger partial charge is 0.212 e. The number of aliphatic hydroxyl groups excluding tert-OH is 1. The minimum atomic E-state index is 0.170. The third-order valence-electron chi connectivity index (χ3n) is 7.78. The van der Waals surface area contributed by atoms with Gasteiger partial charge in [0.1, 0.15) is 11.5 Å². The van der Waals surface area contributed by atoms with Crippen molar-refractivity contribution in [3.05, 3.63) is 48.2 Å². The number of hydrogen-bond donors (Lipinski definition) is 5. The summed E-state index contributed by atoms with van der Waals surface area (Å²) in [5, 5.41) is 15.1. The van der Waals surface area contributed by atoms with Crippen molar-refractivity contribution in [2.24, 2.45) is 22.1 Å². The number of pyridine rings is 1. The maximum atomic E-state index is 10.9. The van der Waals surface area contributed by atoms with Crippen LogP contribution in [0.15, 0.2) is 47.6 Å². The molecule has 2 aromatic rings. The Morgan fingerprint density at radius 3 is 2.90 bits per heavy atom. The summed E-state index contributed by atoms with van der Waals surface area (Å²) in [7, 11) is 0. The Hall–Kier alpha value is -3.24. The van der Waals surface area contributed by atoms with Crippen molar-refractivity contribution in [1.82, 2.24) is 4.98 Å². The van der Waals surface area contributed by atoms with Crippen molar-refractivity contribution in [2.75, 3.05) is 52.2 Å². The molecule has 2 heterocycles. The van der Waals surface area contributed by atoms with E-state index in [-0.39, 0.29) is 6.61 Å². The van der Waals surface area contributed by atoms with Gasteiger partial charge in [0.05, 0.1) is 6.61 Å². The molecule has 1 saturated heterocycles. The lowest BCUT2D eigenvalue weighted by Gasteiger charge is -2.41. The fourth-order valence-electron chi connectivity index (χ4n) is 5.46. The number of aliphatic imine (C=N–C) groups is 1. The Morgan fingerprint density at radius 2 is 2.13 bits per heavy atom. The molecule has 2 aliphatic rings. The van der Waals surface area contributed by atoms with E-state index in [2.05, 4.69) is 55.4 Å². The number of aliphatic hydroxyl groups is 1. The number of nitrogens with one attached hydrogen (secondary N) is 3. The lowest BCUT2D eigenvalue weighted by molar-refractivity contribution is -0.105. The van der Waals surface area contributed by atoms with Gasteiger partial charge in [0.15, 0.2) is 5.82 Å². The maximum Gasteiger partial charge on any atom is 0.212 e. The summed E-state index contributed by atoms with van der Waals surface area (Å²) in [5.74, 6) is 2.50. The quantitative estimate of drug-likeness (QED) is 0.0898. The molecule has 39 heavy (non-hydrogen) atoms. The first-order chi connectivity index (χ1) is 19.1. The maximum absolute atomic E-state index is 10.9. The number of aromatic nitrogens is 1. The van der Waals surface area contributed by atoms with Gasteiger partial charge in [-0.3, -0.25) is 9.79 Å². The van der Waals surface area contributed by atoms with Gasteiger partial charge in [-0.2, -0.15) is 0 Å². The Morgan fingerprint density at radius 1 is 1.26 bits per heavy atom. The van der Waals surface area contributed by atoms with Crippen LogP contribution in [0.2, 0.25) is 0 Å². The van der Waals surface area contributed by atoms with Crippen LogP contribution in [-0.4, -0.2) is 54.7 Å². The van der Waals surface area contributed by atoms with Gasteiger partial charge in [0, 0.05) is 43.0 Å². The molecule has 6 N–H and O–H groups in total. The number of benzene rings is 1. The third-order valence-corrected chi connectivity index (χ3v) is 8.54. The lowest BCUT2D eigenvalue weighted by atomic mass is 9.79. The van der Waals surface area contributed by atoms with Crippen molar-refractivity contribution in [3.63, 3.8) is 0 Å². The van der Waals surface area contributed by atoms with Crippen LogP contribution in [-0.2, 0) is 4.79 Å². The molecule has 0 bridgehead atoms. The molecule has 210 valence electrons. The van der Waals surface area contributed by atoms with Crippen LogP contribution in [0.4, 0.5) is 28.7 Å². The van der Waals surface area contributed by atoms with Crippen LogP contribution in [0.5, 0.6) is 0 Å². The number of allylic oxidation sites excluding steroid dienone is 1. The van der Waals surface area contributed by atoms with Gasteiger partial charge in [0.25, 0.3) is 0 Å². The van der Waals surface area contributed by atoms with Gasteiger partial charge in [-0.25, -0.2) is 4.98 Å². The van der Waals surface area contributed by atoms with Crippen molar-refractivity contribution in [3.8, 4) is 0 Å². The molecule has 0 radical (unpaired) electrons. The van der Waals surface area contributed by atoms with E-state index >= 15 is 0 Å². The molecular weight excluding hydrogens is 510 g/mol. The number of amides is 1. The van der Waals surface area contributed by atoms with Gasteiger partial charge in [-0.15, -0.1) is 0 Å². The Balaban J connectivity index is 1.32. The summed E-state index contributed by atoms with van der Waals surface area (Å²) >= 11 is 1.54. The summed E-state index contributed by atoms with van der Waals surface area (Å²) in [6.07, 6.45) is 12.7. The number of anilines is 4. The number of hydrogen-bond acceptors (Lipinski definition) is 9. The van der Waals surface area contributed by atoms with Gasteiger partial charge in [0.2, 0.25) is 6.41 Å². The number of piperidine rings is 1. The van der Waals surface area contributed by atoms with E-state index in [0.717, 1.165) is 38.2 Å². The first-order valence-corrected chi connectivity index (χ1v) is 14.8. The second-order valence-electron chi connectivity index (χ2n) is 10.3. The standard InChI is InChI=1S/C29H41N7O2S/c1-22-6-7-24(35-39-18-17-37)19-26(22)36-16-12-29(10-11-29)23(20-36)5-2-3-14-32-28-25(31-15-4-13-30)8-9-27(34-28)33-21-38/h4,6-9,13,15,19,21,23,35,37H,2-3,5,10-12,14,16-18,20,30H2,1H3,(H2,32,33,34,38)/b13-4-,31-15?. The fraction of sp³-hybridized carbons (Fsp3) is 0.483. The minimum Gasteiger partial charge on any atom is -0.405 e. The zero-order chi connectivity index (χ0) is 27.5. The highest BCUT2D eigenvalue weighted by molar-refractivity contribution is 8.00. The van der Waals surface area contributed by atoms with Crippen LogP contribution >= 0.6 is 11.9 Å². The molecule has 1 spiro atoms. The van der Waals surface area contributed by atoms with E-state index in [1.165, 1.54) is 55.1 Å². The molecule has 1 aliphatic heterocycles. The fourth-order valence-corrected chi connectivity index (χ4v) is 5.95. The minimum absolute atomic E-state index is 0.170. The normalized spacial score (nSPS) is 18.1. The third kappa shape index (κ3) is 7.89. The molecule has 2 fully saturated rings. The molecule has 1 atom stereocenters. The molecule has 1 amide bonds. The molecule has 1 saturated carbocycles. The first-order valence-electron chi connectivity index (χ1n) is 13.8. The Kier molecular flexibility index (Phi) is 10.5. The predicted molar refractivity (Wildman–Crippen MR) is 164 cm³/mol. The van der Waals surface area contributed by atoms with E-state index in [4.69, 9.17) is 10.8 Å². The highest BCUT2D eigenvalue weighted by Crippen LogP contribution is 2.58. The molecule has 1 aromatic carbocycles. The van der Waals surface area contributed by atoms with Crippen LogP contribution in [0.3, 0.4) is 0 Å². The van der Waals surface area contributed by atoms with Crippen LogP contribution < -0.4 is 26.0 Å². The van der Waals surface area contributed by atoms with E-state index in [9.17, 15) is 4.79 Å². The number of nitrogens with zero attached hydrogens (tertiary/aromatic N) is 3. The molecule has 1 unspecified atom stereocenters. The monoisotopic (exact) mass is 551 g/mol. The zero-order valence-electron chi connectivity index (χ0n) is 22.7. The number of carbonyl (C=O) groups is 1. The number of carbonyl (C=O) groups excluding carboxylic acids is 1. The SMILES string of the molecule is Cc1ccc(NSCCO)cc1N1CCC2(CC2)C(CCCCNc2nc(NC=O)ccc2N=C/C=C\N)C1. The number of nitrogens with two attached hydrogens (primary N) is 1. The largest absolute Gasteiger partial charge is 0.405 e. The summed E-state index contributed by atoms with van der Waals surface area (Å²) in [6.45, 7) is 5.38. The lowest BCUT2D eigenvalue weighted by Crippen LogP contribution is -2.42. The zero-order valence-corrected chi connectivity index (χ0v) is 23.6. The highest BCUT2D eigenvalue weighted by Gasteiger charge is 2.51. The van der Waals surface area contributed by atoms with Crippen LogP contribution in [0.25, 0.3) is 0 Å². The average molecular weight is 552 g/mol. The highest BCUT2D eigenvalue weighted by atomic mass is 32.2. The second kappa shape index (κ2) is 14.2. The van der Waals surface area contributed by atoms with Crippen molar-refractivity contribution >= 4 is 53.3 Å². The summed E-state index contributed by atoms with van der Waals surface area (Å²) < 4.78 is 3.36. The van der Waals surface area contributed by atoms with E-state index in [1.54, 1.807) is 18.4 Å². The molecule has 4 rings (SSSR count). The first kappa shape index (κ1) is 28.8. The molecule has 9 nitrogen and oxygen atoms in total.